The number of halogens is 1. The molecule has 6 heteroatoms. The van der Waals surface area contributed by atoms with Crippen LogP contribution in [0.1, 0.15) is 78.1 Å². The Balaban J connectivity index is 1.39. The molecule has 2 fully saturated rings. The van der Waals surface area contributed by atoms with Gasteiger partial charge in [0.25, 0.3) is 0 Å². The summed E-state index contributed by atoms with van der Waals surface area (Å²) in [6, 6.07) is 4.40. The quantitative estimate of drug-likeness (QED) is 0.225. The van der Waals surface area contributed by atoms with Crippen LogP contribution in [0.3, 0.4) is 0 Å². The van der Waals surface area contributed by atoms with Gasteiger partial charge in [0.05, 0.1) is 25.7 Å². The van der Waals surface area contributed by atoms with Crippen molar-refractivity contribution >= 4 is 5.97 Å². The topological polar surface area (TPSA) is 54.0 Å². The number of hydrogen-bond donors (Lipinski definition) is 0. The summed E-state index contributed by atoms with van der Waals surface area (Å²) in [5.41, 5.74) is 0. The Hall–Kier alpha value is -1.66. The molecule has 0 aromatic heterocycles. The molecule has 180 valence electrons. The third-order valence-corrected chi connectivity index (χ3v) is 6.58. The van der Waals surface area contributed by atoms with Gasteiger partial charge in [0.1, 0.15) is 5.75 Å². The van der Waals surface area contributed by atoms with Crippen LogP contribution in [-0.4, -0.2) is 32.1 Å². The van der Waals surface area contributed by atoms with Gasteiger partial charge in [-0.3, -0.25) is 4.79 Å². The van der Waals surface area contributed by atoms with Gasteiger partial charge in [-0.1, -0.05) is 39.5 Å². The summed E-state index contributed by atoms with van der Waals surface area (Å²) in [6.45, 7) is 6.38. The maximum Gasteiger partial charge on any atom is 0.314 e. The number of carbonyl (C=O) groups excluding carboxylic acids is 1. The van der Waals surface area contributed by atoms with Gasteiger partial charge >= 0.3 is 5.97 Å². The zero-order valence-corrected chi connectivity index (χ0v) is 19.7. The molecule has 1 aromatic carbocycles. The second kappa shape index (κ2) is 13.1. The van der Waals surface area contributed by atoms with Crippen LogP contribution < -0.4 is 9.47 Å². The van der Waals surface area contributed by atoms with Gasteiger partial charge in [-0.05, 0) is 50.7 Å². The molecular formula is C26H39FO5. The van der Waals surface area contributed by atoms with Gasteiger partial charge < -0.3 is 18.9 Å². The first-order chi connectivity index (χ1) is 15.6. The van der Waals surface area contributed by atoms with E-state index in [4.69, 9.17) is 18.9 Å². The highest BCUT2D eigenvalue weighted by molar-refractivity contribution is 5.75. The van der Waals surface area contributed by atoms with E-state index in [0.717, 1.165) is 38.9 Å². The zero-order valence-electron chi connectivity index (χ0n) is 19.7. The van der Waals surface area contributed by atoms with E-state index >= 15 is 0 Å². The lowest BCUT2D eigenvalue weighted by molar-refractivity contribution is -0.230. The predicted molar refractivity (Wildman–Crippen MR) is 121 cm³/mol. The Morgan fingerprint density at radius 2 is 1.75 bits per heavy atom. The summed E-state index contributed by atoms with van der Waals surface area (Å²) >= 11 is 0. The van der Waals surface area contributed by atoms with Crippen LogP contribution in [0.5, 0.6) is 11.5 Å². The first kappa shape index (κ1) is 25.0. The zero-order chi connectivity index (χ0) is 22.8. The summed E-state index contributed by atoms with van der Waals surface area (Å²) in [5.74, 6) is 0.0947. The maximum absolute atomic E-state index is 14.3. The van der Waals surface area contributed by atoms with Gasteiger partial charge in [-0.15, -0.1) is 0 Å². The molecule has 32 heavy (non-hydrogen) atoms. The van der Waals surface area contributed by atoms with Crippen molar-refractivity contribution in [3.8, 4) is 11.5 Å². The van der Waals surface area contributed by atoms with Crippen molar-refractivity contribution in [2.75, 3.05) is 19.8 Å². The number of benzene rings is 1. The van der Waals surface area contributed by atoms with E-state index in [9.17, 15) is 9.18 Å². The third-order valence-electron chi connectivity index (χ3n) is 6.58. The van der Waals surface area contributed by atoms with Crippen molar-refractivity contribution in [2.24, 2.45) is 17.8 Å². The first-order valence-corrected chi connectivity index (χ1v) is 12.5. The fraction of sp³-hybridized carbons (Fsp3) is 0.731. The fourth-order valence-corrected chi connectivity index (χ4v) is 4.49. The van der Waals surface area contributed by atoms with Gasteiger partial charge in [-0.25, -0.2) is 4.39 Å². The van der Waals surface area contributed by atoms with E-state index in [0.29, 0.717) is 37.0 Å². The summed E-state index contributed by atoms with van der Waals surface area (Å²) < 4.78 is 37.2. The van der Waals surface area contributed by atoms with Crippen molar-refractivity contribution in [1.82, 2.24) is 0 Å². The summed E-state index contributed by atoms with van der Waals surface area (Å²) in [5, 5.41) is 0. The molecule has 1 saturated heterocycles. The minimum absolute atomic E-state index is 0.0342. The minimum Gasteiger partial charge on any atom is -0.493 e. The second-order valence-electron chi connectivity index (χ2n) is 9.22. The van der Waals surface area contributed by atoms with Crippen molar-refractivity contribution < 1.29 is 28.1 Å². The molecule has 1 aliphatic carbocycles. The van der Waals surface area contributed by atoms with E-state index in [-0.39, 0.29) is 23.9 Å². The highest BCUT2D eigenvalue weighted by Gasteiger charge is 2.35. The molecule has 2 aliphatic rings. The SMILES string of the molecule is CCCCCC1COC(C2CCC(C(=O)Oc3ccc(OCCCC)cc3F)CC2)OC1. The molecule has 1 heterocycles. The lowest BCUT2D eigenvalue weighted by Gasteiger charge is -2.37. The molecule has 1 aromatic rings. The van der Waals surface area contributed by atoms with E-state index < -0.39 is 5.82 Å². The average Bonchev–Trinajstić information content (AvgIpc) is 2.82. The molecule has 3 rings (SSSR count). The van der Waals surface area contributed by atoms with Crippen molar-refractivity contribution in [2.45, 2.75) is 84.3 Å². The Labute approximate surface area is 191 Å². The number of esters is 1. The van der Waals surface area contributed by atoms with Crippen molar-refractivity contribution in [3.63, 3.8) is 0 Å². The highest BCUT2D eigenvalue weighted by Crippen LogP contribution is 2.35. The molecule has 0 amide bonds. The van der Waals surface area contributed by atoms with Gasteiger partial charge in [-0.2, -0.15) is 0 Å². The number of ether oxygens (including phenoxy) is 4. The molecule has 1 saturated carbocycles. The maximum atomic E-state index is 14.3. The van der Waals surface area contributed by atoms with E-state index in [1.54, 1.807) is 6.07 Å². The Morgan fingerprint density at radius 1 is 1.03 bits per heavy atom. The van der Waals surface area contributed by atoms with Crippen LogP contribution in [-0.2, 0) is 14.3 Å². The highest BCUT2D eigenvalue weighted by atomic mass is 19.1. The first-order valence-electron chi connectivity index (χ1n) is 12.5. The molecular weight excluding hydrogens is 411 g/mol. The largest absolute Gasteiger partial charge is 0.493 e. The molecule has 0 unspecified atom stereocenters. The van der Waals surface area contributed by atoms with Crippen LogP contribution >= 0.6 is 0 Å². The number of unbranched alkanes of at least 4 members (excludes halogenated alkanes) is 3. The molecule has 1 aliphatic heterocycles. The van der Waals surface area contributed by atoms with Crippen LogP contribution in [0, 0.1) is 23.6 Å². The average molecular weight is 451 g/mol. The third kappa shape index (κ3) is 7.45. The summed E-state index contributed by atoms with van der Waals surface area (Å²) in [4.78, 5) is 12.6. The number of hydrogen-bond acceptors (Lipinski definition) is 5. The number of carbonyl (C=O) groups is 1. The molecule has 5 nitrogen and oxygen atoms in total. The normalized spacial score (nSPS) is 26.0. The molecule has 0 N–H and O–H groups in total. The Kier molecular flexibility index (Phi) is 10.3. The second-order valence-corrected chi connectivity index (χ2v) is 9.22. The minimum atomic E-state index is -0.571. The smallest absolute Gasteiger partial charge is 0.314 e. The Bertz CT molecular complexity index is 693. The molecule has 0 radical (unpaired) electrons. The van der Waals surface area contributed by atoms with Crippen molar-refractivity contribution in [3.05, 3.63) is 24.0 Å². The van der Waals surface area contributed by atoms with Crippen LogP contribution in [0.25, 0.3) is 0 Å². The van der Waals surface area contributed by atoms with Crippen LogP contribution in [0.15, 0.2) is 18.2 Å². The standard InChI is InChI=1S/C26H39FO5/c1-3-5-7-8-19-17-30-26(31-18-19)21-11-9-20(10-12-21)25(28)32-24-14-13-22(16-23(24)27)29-15-6-4-2/h13-14,16,19-21,26H,3-12,15,17-18H2,1-2H3. The van der Waals surface area contributed by atoms with Gasteiger partial charge in [0, 0.05) is 17.9 Å². The van der Waals surface area contributed by atoms with Crippen LogP contribution in [0.4, 0.5) is 4.39 Å². The van der Waals surface area contributed by atoms with E-state index in [1.807, 2.05) is 0 Å². The predicted octanol–water partition coefficient (Wildman–Crippen LogP) is 6.29. The molecule has 0 bridgehead atoms. The molecule has 0 atom stereocenters. The van der Waals surface area contributed by atoms with E-state index in [1.165, 1.54) is 37.8 Å². The monoisotopic (exact) mass is 450 g/mol. The van der Waals surface area contributed by atoms with Gasteiger partial charge in [0.2, 0.25) is 0 Å². The fourth-order valence-electron chi connectivity index (χ4n) is 4.49. The Morgan fingerprint density at radius 3 is 2.41 bits per heavy atom. The summed E-state index contributed by atoms with van der Waals surface area (Å²) in [6.07, 6.45) is 9.81. The van der Waals surface area contributed by atoms with Gasteiger partial charge in [0.15, 0.2) is 17.9 Å². The van der Waals surface area contributed by atoms with Crippen LogP contribution in [0.2, 0.25) is 0 Å². The molecule has 0 spiro atoms. The van der Waals surface area contributed by atoms with Crippen molar-refractivity contribution in [1.29, 1.82) is 0 Å². The lowest BCUT2D eigenvalue weighted by Crippen LogP contribution is -2.39. The summed E-state index contributed by atoms with van der Waals surface area (Å²) in [7, 11) is 0. The van der Waals surface area contributed by atoms with E-state index in [2.05, 4.69) is 13.8 Å². The number of rotatable bonds is 11. The lowest BCUT2D eigenvalue weighted by atomic mass is 9.81.